The zero-order valence-corrected chi connectivity index (χ0v) is 11.6. The quantitative estimate of drug-likeness (QED) is 0.757. The van der Waals surface area contributed by atoms with Crippen molar-refractivity contribution in [3.63, 3.8) is 0 Å². The maximum atomic E-state index is 11.9. The average molecular weight is 292 g/mol. The van der Waals surface area contributed by atoms with Crippen molar-refractivity contribution >= 4 is 34.7 Å². The number of hydrogen-bond donors (Lipinski definition) is 3. The van der Waals surface area contributed by atoms with Crippen molar-refractivity contribution in [1.82, 2.24) is 0 Å². The van der Waals surface area contributed by atoms with Gasteiger partial charge in [0.15, 0.2) is 0 Å². The van der Waals surface area contributed by atoms with Gasteiger partial charge in [0.2, 0.25) is 0 Å². The zero-order valence-electron chi connectivity index (χ0n) is 10.8. The molecule has 0 atom stereocenters. The molecule has 6 heteroatoms. The van der Waals surface area contributed by atoms with Crippen molar-refractivity contribution in [2.75, 3.05) is 23.5 Å². The highest BCUT2D eigenvalue weighted by Crippen LogP contribution is 2.26. The number of nitrogens with two attached hydrogens (primary N) is 1. The van der Waals surface area contributed by atoms with Crippen LogP contribution in [0.4, 0.5) is 21.9 Å². The van der Waals surface area contributed by atoms with Crippen molar-refractivity contribution < 1.29 is 9.53 Å². The zero-order chi connectivity index (χ0) is 14.5. The lowest BCUT2D eigenvalue weighted by molar-refractivity contribution is 0.262. The molecule has 2 rings (SSSR count). The first-order valence-electron chi connectivity index (χ1n) is 5.85. The largest absolute Gasteiger partial charge is 0.497 e. The number of methoxy groups -OCH3 is 1. The normalized spacial score (nSPS) is 9.90. The summed E-state index contributed by atoms with van der Waals surface area (Å²) < 4.78 is 5.08. The molecule has 0 unspecified atom stereocenters. The van der Waals surface area contributed by atoms with Crippen LogP contribution in [-0.2, 0) is 0 Å². The molecule has 0 bridgehead atoms. The van der Waals surface area contributed by atoms with Gasteiger partial charge in [0.1, 0.15) is 5.75 Å². The number of nitrogens with one attached hydrogen (secondary N) is 2. The number of carbonyl (C=O) groups is 1. The van der Waals surface area contributed by atoms with Gasteiger partial charge in [0.05, 0.1) is 17.8 Å². The number of anilines is 3. The van der Waals surface area contributed by atoms with E-state index in [2.05, 4.69) is 10.6 Å². The number of nitrogen functional groups attached to an aromatic ring is 1. The standard InChI is InChI=1S/C14H14ClN3O2/c1-20-11-6-7-12(15)13(8-11)18-14(19)17-10-4-2-9(16)3-5-10/h2-8H,16H2,1H3,(H2,17,18,19). The highest BCUT2D eigenvalue weighted by Gasteiger charge is 2.07. The fourth-order valence-corrected chi connectivity index (χ4v) is 1.74. The summed E-state index contributed by atoms with van der Waals surface area (Å²) in [7, 11) is 1.54. The molecule has 0 radical (unpaired) electrons. The monoisotopic (exact) mass is 291 g/mol. The second kappa shape index (κ2) is 6.16. The maximum absolute atomic E-state index is 11.9. The highest BCUT2D eigenvalue weighted by atomic mass is 35.5. The fraction of sp³-hybridized carbons (Fsp3) is 0.0714. The van der Waals surface area contributed by atoms with E-state index in [0.717, 1.165) is 0 Å². The Bertz CT molecular complexity index is 614. The van der Waals surface area contributed by atoms with Gasteiger partial charge in [-0.3, -0.25) is 0 Å². The molecule has 0 fully saturated rings. The Hall–Kier alpha value is -2.40. The topological polar surface area (TPSA) is 76.4 Å². The molecular weight excluding hydrogens is 278 g/mol. The lowest BCUT2D eigenvalue weighted by atomic mass is 10.3. The molecule has 20 heavy (non-hydrogen) atoms. The smallest absolute Gasteiger partial charge is 0.323 e. The molecule has 0 saturated heterocycles. The maximum Gasteiger partial charge on any atom is 0.323 e. The van der Waals surface area contributed by atoms with Crippen molar-refractivity contribution in [1.29, 1.82) is 0 Å². The lowest BCUT2D eigenvalue weighted by Gasteiger charge is -2.10. The molecule has 0 aliphatic carbocycles. The number of urea groups is 1. The number of amides is 2. The predicted molar refractivity (Wildman–Crippen MR) is 81.5 cm³/mol. The minimum atomic E-state index is -0.398. The fourth-order valence-electron chi connectivity index (χ4n) is 1.58. The van der Waals surface area contributed by atoms with Crippen LogP contribution in [0.1, 0.15) is 0 Å². The first-order chi connectivity index (χ1) is 9.58. The van der Waals surface area contributed by atoms with Crippen LogP contribution in [-0.4, -0.2) is 13.1 Å². The van der Waals surface area contributed by atoms with E-state index in [1.54, 1.807) is 49.6 Å². The first kappa shape index (κ1) is 14.0. The van der Waals surface area contributed by atoms with Crippen molar-refractivity contribution in [3.05, 3.63) is 47.5 Å². The van der Waals surface area contributed by atoms with Crippen molar-refractivity contribution in [2.24, 2.45) is 0 Å². The first-order valence-corrected chi connectivity index (χ1v) is 6.23. The summed E-state index contributed by atoms with van der Waals surface area (Å²) in [6.07, 6.45) is 0. The van der Waals surface area contributed by atoms with Gasteiger partial charge in [-0.1, -0.05) is 11.6 Å². The lowest BCUT2D eigenvalue weighted by Crippen LogP contribution is -2.19. The van der Waals surface area contributed by atoms with Gasteiger partial charge in [0, 0.05) is 17.4 Å². The van der Waals surface area contributed by atoms with Gasteiger partial charge in [0.25, 0.3) is 0 Å². The third-order valence-electron chi connectivity index (χ3n) is 2.59. The van der Waals surface area contributed by atoms with E-state index in [9.17, 15) is 4.79 Å². The molecule has 104 valence electrons. The Labute approximate surface area is 121 Å². The molecule has 4 N–H and O–H groups in total. The Morgan fingerprint density at radius 2 is 1.85 bits per heavy atom. The van der Waals surface area contributed by atoms with Gasteiger partial charge >= 0.3 is 6.03 Å². The van der Waals surface area contributed by atoms with Crippen LogP contribution in [0.3, 0.4) is 0 Å². The van der Waals surface area contributed by atoms with Crippen LogP contribution in [0.25, 0.3) is 0 Å². The molecule has 2 aromatic rings. The predicted octanol–water partition coefficient (Wildman–Crippen LogP) is 3.57. The third-order valence-corrected chi connectivity index (χ3v) is 2.92. The summed E-state index contributed by atoms with van der Waals surface area (Å²) in [4.78, 5) is 11.9. The summed E-state index contributed by atoms with van der Waals surface area (Å²) in [5.41, 5.74) is 7.31. The molecule has 0 saturated carbocycles. The number of benzene rings is 2. The molecule has 0 aliphatic rings. The number of carbonyl (C=O) groups excluding carboxylic acids is 1. The molecule has 0 spiro atoms. The van der Waals surface area contributed by atoms with E-state index in [0.29, 0.717) is 27.8 Å². The molecule has 0 heterocycles. The number of halogens is 1. The van der Waals surface area contributed by atoms with E-state index >= 15 is 0 Å². The number of hydrogen-bond acceptors (Lipinski definition) is 3. The van der Waals surface area contributed by atoms with Crippen LogP contribution in [0.2, 0.25) is 5.02 Å². The van der Waals surface area contributed by atoms with Crippen LogP contribution in [0, 0.1) is 0 Å². The molecule has 0 aliphatic heterocycles. The highest BCUT2D eigenvalue weighted by molar-refractivity contribution is 6.33. The summed E-state index contributed by atoms with van der Waals surface area (Å²) in [6.45, 7) is 0. The van der Waals surface area contributed by atoms with Crippen LogP contribution >= 0.6 is 11.6 Å². The summed E-state index contributed by atoms with van der Waals surface area (Å²) in [5.74, 6) is 0.609. The van der Waals surface area contributed by atoms with Gasteiger partial charge in [-0.15, -0.1) is 0 Å². The van der Waals surface area contributed by atoms with Crippen molar-refractivity contribution in [2.45, 2.75) is 0 Å². The molecule has 2 amide bonds. The van der Waals surface area contributed by atoms with E-state index in [-0.39, 0.29) is 0 Å². The second-order valence-corrected chi connectivity index (χ2v) is 4.45. The molecule has 0 aromatic heterocycles. The summed E-state index contributed by atoms with van der Waals surface area (Å²) in [5, 5.41) is 5.76. The molecular formula is C14H14ClN3O2. The molecule has 2 aromatic carbocycles. The minimum absolute atomic E-state index is 0.398. The van der Waals surface area contributed by atoms with E-state index in [1.807, 2.05) is 0 Å². The SMILES string of the molecule is COc1ccc(Cl)c(NC(=O)Nc2ccc(N)cc2)c1. The van der Waals surface area contributed by atoms with Crippen LogP contribution in [0.5, 0.6) is 5.75 Å². The minimum Gasteiger partial charge on any atom is -0.497 e. The van der Waals surface area contributed by atoms with E-state index in [4.69, 9.17) is 22.1 Å². The number of ether oxygens (including phenoxy) is 1. The molecule has 5 nitrogen and oxygen atoms in total. The summed E-state index contributed by atoms with van der Waals surface area (Å²) >= 11 is 6.01. The second-order valence-electron chi connectivity index (χ2n) is 4.05. The van der Waals surface area contributed by atoms with Crippen molar-refractivity contribution in [3.8, 4) is 5.75 Å². The van der Waals surface area contributed by atoms with E-state index < -0.39 is 6.03 Å². The Kier molecular flexibility index (Phi) is 4.32. The Morgan fingerprint density at radius 1 is 1.15 bits per heavy atom. The van der Waals surface area contributed by atoms with E-state index in [1.165, 1.54) is 0 Å². The van der Waals surface area contributed by atoms with Crippen LogP contribution in [0.15, 0.2) is 42.5 Å². The van der Waals surface area contributed by atoms with Gasteiger partial charge < -0.3 is 21.1 Å². The third kappa shape index (κ3) is 3.55. The van der Waals surface area contributed by atoms with Crippen LogP contribution < -0.4 is 21.1 Å². The Morgan fingerprint density at radius 3 is 2.50 bits per heavy atom. The Balaban J connectivity index is 2.06. The number of rotatable bonds is 3. The average Bonchev–Trinajstić information content (AvgIpc) is 2.44. The van der Waals surface area contributed by atoms with Gasteiger partial charge in [-0.2, -0.15) is 0 Å². The summed E-state index contributed by atoms with van der Waals surface area (Å²) in [6, 6.07) is 11.4. The van der Waals surface area contributed by atoms with Gasteiger partial charge in [-0.05, 0) is 36.4 Å². The van der Waals surface area contributed by atoms with Gasteiger partial charge in [-0.25, -0.2) is 4.79 Å².